The summed E-state index contributed by atoms with van der Waals surface area (Å²) in [6.45, 7) is 7.51. The topological polar surface area (TPSA) is 159 Å². The van der Waals surface area contributed by atoms with Crippen molar-refractivity contribution in [2.45, 2.75) is 89.8 Å². The van der Waals surface area contributed by atoms with Crippen LogP contribution in [-0.4, -0.2) is 69.4 Å². The molecule has 3 aromatic carbocycles. The van der Waals surface area contributed by atoms with Crippen LogP contribution >= 0.6 is 0 Å². The molecule has 1 unspecified atom stereocenters. The summed E-state index contributed by atoms with van der Waals surface area (Å²) in [5, 5.41) is 20.5. The Hall–Kier alpha value is -4.84. The number of primary amides is 1. The van der Waals surface area contributed by atoms with E-state index in [0.29, 0.717) is 18.5 Å². The molecule has 266 valence electrons. The Balaban J connectivity index is 1.52. The molecule has 3 amide bonds. The summed E-state index contributed by atoms with van der Waals surface area (Å²) >= 11 is 0. The van der Waals surface area contributed by atoms with Crippen molar-refractivity contribution in [1.82, 2.24) is 26.1 Å². The van der Waals surface area contributed by atoms with Crippen LogP contribution in [0.3, 0.4) is 0 Å². The minimum absolute atomic E-state index is 0.0120. The van der Waals surface area contributed by atoms with Crippen molar-refractivity contribution in [3.63, 3.8) is 0 Å². The van der Waals surface area contributed by atoms with Gasteiger partial charge in [0, 0.05) is 24.5 Å². The third-order valence-corrected chi connectivity index (χ3v) is 8.24. The van der Waals surface area contributed by atoms with E-state index in [9.17, 15) is 19.5 Å². The van der Waals surface area contributed by atoms with Gasteiger partial charge in [0.25, 0.3) is 0 Å². The molecule has 4 rings (SSSR count). The highest BCUT2D eigenvalue weighted by molar-refractivity contribution is 5.88. The lowest BCUT2D eigenvalue weighted by Gasteiger charge is -2.35. The predicted octanol–water partition coefficient (Wildman–Crippen LogP) is 4.42. The van der Waals surface area contributed by atoms with Gasteiger partial charge in [0.1, 0.15) is 5.60 Å². The van der Waals surface area contributed by atoms with E-state index < -0.39 is 41.7 Å². The van der Waals surface area contributed by atoms with Crippen LogP contribution in [0, 0.1) is 0 Å². The first-order valence-electron chi connectivity index (χ1n) is 17.0. The fraction of sp³-hybridized carbons (Fsp3) is 0.385. The van der Waals surface area contributed by atoms with Gasteiger partial charge in [0.2, 0.25) is 11.8 Å². The molecule has 6 N–H and O–H groups in total. The number of aliphatic hydroxyl groups excluding tert-OH is 1. The standard InChI is InChI=1S/C39H50N6O5/c1-27(19-20-28-13-7-5-8-14-28)45(44-38(49)50-39(2,3)4)26-35(46)33(23-29-15-9-6-10-16-29)43-37(48)34(24-36(40)47)41-25-31-22-21-30-17-11-12-18-32(30)42-31/h5-18,21-22,27,33-35,41,46H,19-20,23-26H2,1-4H3,(H2,40,47)(H,43,48)(H,44,49)/t27?,33-,34-,35+/m0/s1. The first-order chi connectivity index (χ1) is 23.9. The number of nitrogens with two attached hydrogens (primary N) is 1. The molecule has 0 saturated carbocycles. The van der Waals surface area contributed by atoms with Gasteiger partial charge < -0.3 is 20.9 Å². The average Bonchev–Trinajstić information content (AvgIpc) is 3.08. The second-order valence-corrected chi connectivity index (χ2v) is 13.6. The smallest absolute Gasteiger partial charge is 0.422 e. The SMILES string of the molecule is CC(CCc1ccccc1)N(C[C@@H](O)[C@H](Cc1ccccc1)NC(=O)[C@H](CC(N)=O)NCc1ccc2ccccc2n1)NC(=O)OC(C)(C)C. The van der Waals surface area contributed by atoms with Crippen LogP contribution in [0.5, 0.6) is 0 Å². The summed E-state index contributed by atoms with van der Waals surface area (Å²) < 4.78 is 5.54. The molecule has 0 saturated heterocycles. The molecule has 0 aliphatic rings. The number of nitrogens with one attached hydrogen (secondary N) is 3. The highest BCUT2D eigenvalue weighted by atomic mass is 16.6. The van der Waals surface area contributed by atoms with Crippen LogP contribution in [0.4, 0.5) is 4.79 Å². The summed E-state index contributed by atoms with van der Waals surface area (Å²) in [6, 6.07) is 29.1. The first-order valence-corrected chi connectivity index (χ1v) is 17.0. The average molecular weight is 683 g/mol. The zero-order valence-corrected chi connectivity index (χ0v) is 29.3. The van der Waals surface area contributed by atoms with Gasteiger partial charge in [0.15, 0.2) is 0 Å². The number of hydrazine groups is 1. The van der Waals surface area contributed by atoms with E-state index in [1.54, 1.807) is 25.8 Å². The minimum Gasteiger partial charge on any atom is -0.443 e. The number of aromatic nitrogens is 1. The lowest BCUT2D eigenvalue weighted by atomic mass is 9.99. The van der Waals surface area contributed by atoms with E-state index in [-0.39, 0.29) is 25.6 Å². The lowest BCUT2D eigenvalue weighted by Crippen LogP contribution is -2.58. The number of aryl methyl sites for hydroxylation is 1. The molecular weight excluding hydrogens is 632 g/mol. The fourth-order valence-electron chi connectivity index (χ4n) is 5.59. The van der Waals surface area contributed by atoms with Crippen LogP contribution in [0.25, 0.3) is 10.9 Å². The number of carbonyl (C=O) groups excluding carboxylic acids is 3. The van der Waals surface area contributed by atoms with E-state index in [1.165, 1.54) is 0 Å². The number of hydrogen-bond acceptors (Lipinski definition) is 8. The molecule has 0 aliphatic heterocycles. The van der Waals surface area contributed by atoms with Crippen molar-refractivity contribution in [1.29, 1.82) is 0 Å². The highest BCUT2D eigenvalue weighted by Gasteiger charge is 2.31. The maximum absolute atomic E-state index is 13.8. The van der Waals surface area contributed by atoms with Crippen LogP contribution in [-0.2, 0) is 33.7 Å². The largest absolute Gasteiger partial charge is 0.443 e. The zero-order chi connectivity index (χ0) is 36.1. The number of hydrogen-bond donors (Lipinski definition) is 5. The normalized spacial score (nSPS) is 14.0. The van der Waals surface area contributed by atoms with Crippen molar-refractivity contribution in [2.75, 3.05) is 6.54 Å². The van der Waals surface area contributed by atoms with Gasteiger partial charge in [-0.2, -0.15) is 0 Å². The maximum Gasteiger partial charge on any atom is 0.422 e. The fourth-order valence-corrected chi connectivity index (χ4v) is 5.59. The number of rotatable bonds is 17. The molecule has 1 heterocycles. The molecule has 0 bridgehead atoms. The van der Waals surface area contributed by atoms with E-state index in [4.69, 9.17) is 10.5 Å². The second kappa shape index (κ2) is 18.2. The van der Waals surface area contributed by atoms with Crippen LogP contribution in [0.15, 0.2) is 97.1 Å². The van der Waals surface area contributed by atoms with Gasteiger partial charge in [-0.3, -0.25) is 25.3 Å². The van der Waals surface area contributed by atoms with Gasteiger partial charge in [-0.15, -0.1) is 0 Å². The predicted molar refractivity (Wildman–Crippen MR) is 195 cm³/mol. The molecule has 11 nitrogen and oxygen atoms in total. The van der Waals surface area contributed by atoms with Crippen LogP contribution in [0.2, 0.25) is 0 Å². The van der Waals surface area contributed by atoms with Gasteiger partial charge in [-0.1, -0.05) is 84.9 Å². The lowest BCUT2D eigenvalue weighted by molar-refractivity contribution is -0.128. The summed E-state index contributed by atoms with van der Waals surface area (Å²) in [5.74, 6) is -1.14. The Morgan fingerprint density at radius 1 is 0.900 bits per heavy atom. The maximum atomic E-state index is 13.8. The Labute approximate surface area is 294 Å². The zero-order valence-electron chi connectivity index (χ0n) is 29.3. The molecule has 4 atom stereocenters. The van der Waals surface area contributed by atoms with E-state index in [1.807, 2.05) is 104 Å². The monoisotopic (exact) mass is 682 g/mol. The third kappa shape index (κ3) is 12.6. The van der Waals surface area contributed by atoms with Crippen LogP contribution < -0.4 is 21.8 Å². The quantitative estimate of drug-likeness (QED) is 0.102. The summed E-state index contributed by atoms with van der Waals surface area (Å²) in [7, 11) is 0. The molecule has 0 radical (unpaired) electrons. The summed E-state index contributed by atoms with van der Waals surface area (Å²) in [4.78, 5) is 43.5. The Kier molecular flexibility index (Phi) is 13.8. The molecule has 4 aromatic rings. The third-order valence-electron chi connectivity index (χ3n) is 8.24. The van der Waals surface area contributed by atoms with Gasteiger partial charge >= 0.3 is 6.09 Å². The number of para-hydroxylation sites is 1. The van der Waals surface area contributed by atoms with E-state index in [0.717, 1.165) is 28.5 Å². The Morgan fingerprint density at radius 3 is 2.20 bits per heavy atom. The Morgan fingerprint density at radius 2 is 1.54 bits per heavy atom. The van der Waals surface area contributed by atoms with Crippen molar-refractivity contribution >= 4 is 28.8 Å². The Bertz CT molecular complexity index is 1680. The number of pyridine rings is 1. The number of fused-ring (bicyclic) bond motifs is 1. The van der Waals surface area contributed by atoms with Crippen molar-refractivity contribution < 1.29 is 24.2 Å². The summed E-state index contributed by atoms with van der Waals surface area (Å²) in [5.41, 5.74) is 11.2. The van der Waals surface area contributed by atoms with E-state index >= 15 is 0 Å². The molecular formula is C39H50N6O5. The van der Waals surface area contributed by atoms with Crippen LogP contribution in [0.1, 0.15) is 57.4 Å². The van der Waals surface area contributed by atoms with E-state index in [2.05, 4.69) is 21.0 Å². The van der Waals surface area contributed by atoms with Gasteiger partial charge in [-0.25, -0.2) is 9.80 Å². The molecule has 0 aliphatic carbocycles. The first kappa shape index (κ1) is 38.0. The molecule has 1 aromatic heterocycles. The minimum atomic E-state index is -1.13. The molecule has 0 spiro atoms. The van der Waals surface area contributed by atoms with Gasteiger partial charge in [-0.05, 0) is 70.2 Å². The number of benzene rings is 3. The van der Waals surface area contributed by atoms with Crippen molar-refractivity contribution in [2.24, 2.45) is 5.73 Å². The number of carbonyl (C=O) groups is 3. The van der Waals surface area contributed by atoms with Gasteiger partial charge in [0.05, 0.1) is 35.8 Å². The summed E-state index contributed by atoms with van der Waals surface area (Å²) in [6.07, 6.45) is -0.312. The van der Waals surface area contributed by atoms with Crippen molar-refractivity contribution in [3.8, 4) is 0 Å². The second-order valence-electron chi connectivity index (χ2n) is 13.6. The van der Waals surface area contributed by atoms with Crippen molar-refractivity contribution in [3.05, 3.63) is 114 Å². The number of amides is 3. The number of ether oxygens (including phenoxy) is 1. The number of aliphatic hydroxyl groups is 1. The molecule has 11 heteroatoms. The molecule has 0 fully saturated rings. The number of nitrogens with zero attached hydrogens (tertiary/aromatic N) is 2. The highest BCUT2D eigenvalue weighted by Crippen LogP contribution is 2.15. The molecule has 50 heavy (non-hydrogen) atoms.